The molecule has 76 valence electrons. The third kappa shape index (κ3) is 1.84. The van der Waals surface area contributed by atoms with Gasteiger partial charge in [0.1, 0.15) is 0 Å². The van der Waals surface area contributed by atoms with Gasteiger partial charge in [0, 0.05) is 5.56 Å². The van der Waals surface area contributed by atoms with Crippen LogP contribution in [0.5, 0.6) is 0 Å². The molecular weight excluding hydrogens is 198 g/mol. The summed E-state index contributed by atoms with van der Waals surface area (Å²) < 4.78 is 5.03. The van der Waals surface area contributed by atoms with Gasteiger partial charge in [-0.25, -0.2) is 5.48 Å². The lowest BCUT2D eigenvalue weighted by molar-refractivity contribution is 0.0669. The average molecular weight is 205 g/mol. The molecule has 0 aliphatic rings. The maximum Gasteiger partial charge on any atom is 0.332 e. The van der Waals surface area contributed by atoms with E-state index in [2.05, 4.69) is 10.2 Å². The Morgan fingerprint density at radius 2 is 2.00 bits per heavy atom. The van der Waals surface area contributed by atoms with Gasteiger partial charge in [-0.3, -0.25) is 10.0 Å². The molecule has 1 heterocycles. The molecule has 2 rings (SSSR count). The van der Waals surface area contributed by atoms with Crippen LogP contribution in [0.15, 0.2) is 34.7 Å². The van der Waals surface area contributed by atoms with Crippen molar-refractivity contribution >= 4 is 5.91 Å². The first-order chi connectivity index (χ1) is 7.31. The maximum absolute atomic E-state index is 10.9. The van der Waals surface area contributed by atoms with Crippen LogP contribution in [-0.2, 0) is 0 Å². The van der Waals surface area contributed by atoms with Gasteiger partial charge in [0.05, 0.1) is 0 Å². The minimum absolute atomic E-state index is 0.231. The standard InChI is InChI=1S/C9H7N3O3/c13-7(12-14)9-11-10-8(15-9)6-4-2-1-3-5-6/h1-5,14H,(H,12,13). The molecule has 0 radical (unpaired) electrons. The molecule has 0 atom stereocenters. The highest BCUT2D eigenvalue weighted by Gasteiger charge is 2.14. The number of benzene rings is 1. The lowest BCUT2D eigenvalue weighted by atomic mass is 10.2. The first-order valence-electron chi connectivity index (χ1n) is 4.14. The third-order valence-electron chi connectivity index (χ3n) is 1.74. The number of carbonyl (C=O) groups excluding carboxylic acids is 1. The van der Waals surface area contributed by atoms with Gasteiger partial charge in [0.25, 0.3) is 0 Å². The van der Waals surface area contributed by atoms with Crippen molar-refractivity contribution in [3.05, 3.63) is 36.2 Å². The Morgan fingerprint density at radius 1 is 1.27 bits per heavy atom. The van der Waals surface area contributed by atoms with Crippen molar-refractivity contribution in [2.75, 3.05) is 0 Å². The highest BCUT2D eigenvalue weighted by atomic mass is 16.5. The second-order valence-corrected chi connectivity index (χ2v) is 2.72. The summed E-state index contributed by atoms with van der Waals surface area (Å²) in [4.78, 5) is 10.9. The van der Waals surface area contributed by atoms with Gasteiger partial charge in [-0.05, 0) is 12.1 Å². The number of nitrogens with zero attached hydrogens (tertiary/aromatic N) is 2. The molecule has 6 nitrogen and oxygen atoms in total. The summed E-state index contributed by atoms with van der Waals surface area (Å²) in [7, 11) is 0. The van der Waals surface area contributed by atoms with Crippen molar-refractivity contribution in [2.45, 2.75) is 0 Å². The molecular formula is C9H7N3O3. The zero-order valence-electron chi connectivity index (χ0n) is 7.54. The van der Waals surface area contributed by atoms with Crippen LogP contribution in [0.3, 0.4) is 0 Å². The molecule has 0 bridgehead atoms. The van der Waals surface area contributed by atoms with E-state index < -0.39 is 5.91 Å². The van der Waals surface area contributed by atoms with Crippen LogP contribution in [0.2, 0.25) is 0 Å². The maximum atomic E-state index is 10.9. The minimum Gasteiger partial charge on any atom is -0.412 e. The molecule has 0 saturated heterocycles. The molecule has 0 aliphatic carbocycles. The van der Waals surface area contributed by atoms with E-state index in [0.29, 0.717) is 5.56 Å². The monoisotopic (exact) mass is 205 g/mol. The Balaban J connectivity index is 2.32. The Labute approximate surface area is 84.5 Å². The summed E-state index contributed by atoms with van der Waals surface area (Å²) in [6, 6.07) is 9.01. The van der Waals surface area contributed by atoms with Gasteiger partial charge in [0.2, 0.25) is 5.89 Å². The SMILES string of the molecule is O=C(NO)c1nnc(-c2ccccc2)o1. The highest BCUT2D eigenvalue weighted by Crippen LogP contribution is 2.16. The molecule has 6 heteroatoms. The van der Waals surface area contributed by atoms with Crippen LogP contribution in [-0.4, -0.2) is 21.3 Å². The molecule has 0 fully saturated rings. The van der Waals surface area contributed by atoms with Crippen LogP contribution in [0, 0.1) is 0 Å². The van der Waals surface area contributed by atoms with Gasteiger partial charge in [-0.15, -0.1) is 10.2 Å². The number of nitrogens with one attached hydrogen (secondary N) is 1. The molecule has 0 aliphatic heterocycles. The summed E-state index contributed by atoms with van der Waals surface area (Å²) >= 11 is 0. The first-order valence-corrected chi connectivity index (χ1v) is 4.14. The number of hydrogen-bond acceptors (Lipinski definition) is 5. The van der Waals surface area contributed by atoms with Crippen LogP contribution >= 0.6 is 0 Å². The molecule has 2 aromatic rings. The predicted octanol–water partition coefficient (Wildman–Crippen LogP) is 0.856. The number of hydroxylamine groups is 1. The second kappa shape index (κ2) is 3.89. The Kier molecular flexibility index (Phi) is 2.42. The van der Waals surface area contributed by atoms with E-state index in [1.807, 2.05) is 18.2 Å². The first kappa shape index (κ1) is 9.35. The number of amides is 1. The van der Waals surface area contributed by atoms with Crippen molar-refractivity contribution in [2.24, 2.45) is 0 Å². The van der Waals surface area contributed by atoms with Crippen molar-refractivity contribution in [1.29, 1.82) is 0 Å². The predicted molar refractivity (Wildman–Crippen MR) is 49.0 cm³/mol. The number of aromatic nitrogens is 2. The summed E-state index contributed by atoms with van der Waals surface area (Å²) in [5.41, 5.74) is 2.12. The number of carbonyl (C=O) groups is 1. The smallest absolute Gasteiger partial charge is 0.332 e. The molecule has 0 saturated carbocycles. The summed E-state index contributed by atoms with van der Waals surface area (Å²) in [6.45, 7) is 0. The lowest BCUT2D eigenvalue weighted by Gasteiger charge is -1.92. The summed E-state index contributed by atoms with van der Waals surface area (Å²) in [5.74, 6) is -0.879. The highest BCUT2D eigenvalue weighted by molar-refractivity contribution is 5.88. The van der Waals surface area contributed by atoms with Gasteiger partial charge < -0.3 is 4.42 Å². The van der Waals surface area contributed by atoms with E-state index >= 15 is 0 Å². The Morgan fingerprint density at radius 3 is 2.67 bits per heavy atom. The molecule has 2 N–H and O–H groups in total. The van der Waals surface area contributed by atoms with E-state index in [9.17, 15) is 4.79 Å². The number of rotatable bonds is 2. The van der Waals surface area contributed by atoms with Crippen LogP contribution < -0.4 is 5.48 Å². The molecule has 0 spiro atoms. The van der Waals surface area contributed by atoms with Crippen molar-refractivity contribution in [3.8, 4) is 11.5 Å². The quantitative estimate of drug-likeness (QED) is 0.560. The van der Waals surface area contributed by atoms with Crippen molar-refractivity contribution in [1.82, 2.24) is 15.7 Å². The van der Waals surface area contributed by atoms with E-state index in [0.717, 1.165) is 0 Å². The molecule has 1 aromatic carbocycles. The average Bonchev–Trinajstić information content (AvgIpc) is 2.78. The second-order valence-electron chi connectivity index (χ2n) is 2.72. The normalized spacial score (nSPS) is 9.93. The van der Waals surface area contributed by atoms with Crippen LogP contribution in [0.25, 0.3) is 11.5 Å². The fourth-order valence-corrected chi connectivity index (χ4v) is 1.06. The lowest BCUT2D eigenvalue weighted by Crippen LogP contribution is -2.18. The zero-order valence-corrected chi connectivity index (χ0v) is 7.54. The summed E-state index contributed by atoms with van der Waals surface area (Å²) in [6.07, 6.45) is 0. The number of hydrogen-bond donors (Lipinski definition) is 2. The van der Waals surface area contributed by atoms with Gasteiger partial charge in [0.15, 0.2) is 0 Å². The fraction of sp³-hybridized carbons (Fsp3) is 0. The van der Waals surface area contributed by atoms with Crippen molar-refractivity contribution < 1.29 is 14.4 Å². The Hall–Kier alpha value is -2.21. The topological polar surface area (TPSA) is 88.2 Å². The molecule has 0 unspecified atom stereocenters. The largest absolute Gasteiger partial charge is 0.412 e. The van der Waals surface area contributed by atoms with Gasteiger partial charge >= 0.3 is 11.8 Å². The van der Waals surface area contributed by atoms with E-state index in [4.69, 9.17) is 9.62 Å². The van der Waals surface area contributed by atoms with E-state index in [1.165, 1.54) is 5.48 Å². The Bertz CT molecular complexity index is 466. The van der Waals surface area contributed by atoms with Gasteiger partial charge in [-0.1, -0.05) is 18.2 Å². The van der Waals surface area contributed by atoms with Gasteiger partial charge in [-0.2, -0.15) is 0 Å². The molecule has 1 amide bonds. The van der Waals surface area contributed by atoms with Crippen LogP contribution in [0.4, 0.5) is 0 Å². The van der Waals surface area contributed by atoms with Crippen LogP contribution in [0.1, 0.15) is 10.7 Å². The molecule has 15 heavy (non-hydrogen) atoms. The minimum atomic E-state index is -0.829. The third-order valence-corrected chi connectivity index (χ3v) is 1.74. The zero-order chi connectivity index (χ0) is 10.7. The fourth-order valence-electron chi connectivity index (χ4n) is 1.06. The van der Waals surface area contributed by atoms with Crippen molar-refractivity contribution in [3.63, 3.8) is 0 Å². The summed E-state index contributed by atoms with van der Waals surface area (Å²) in [5, 5.41) is 15.5. The van der Waals surface area contributed by atoms with E-state index in [-0.39, 0.29) is 11.8 Å². The van der Waals surface area contributed by atoms with E-state index in [1.54, 1.807) is 12.1 Å². The molecule has 1 aromatic heterocycles.